The minimum atomic E-state index is -0.0459. The molecule has 5 heterocycles. The van der Waals surface area contributed by atoms with Crippen molar-refractivity contribution < 1.29 is 14.3 Å². The number of likely N-dealkylation sites (tertiary alicyclic amines) is 2. The van der Waals surface area contributed by atoms with Gasteiger partial charge in [-0.15, -0.1) is 0 Å². The molecule has 2 aromatic heterocycles. The number of nitrogens with zero attached hydrogens (tertiary/aromatic N) is 5. The van der Waals surface area contributed by atoms with Gasteiger partial charge in [0.1, 0.15) is 0 Å². The molecule has 0 aliphatic carbocycles. The number of hydrogen-bond acceptors (Lipinski definition) is 7. The quantitative estimate of drug-likeness (QED) is 0.414. The molecule has 1 aromatic carbocycles. The molecule has 1 unspecified atom stereocenters. The van der Waals surface area contributed by atoms with E-state index in [9.17, 15) is 9.59 Å². The van der Waals surface area contributed by atoms with Crippen molar-refractivity contribution in [3.63, 3.8) is 0 Å². The lowest BCUT2D eigenvalue weighted by Gasteiger charge is -2.32. The summed E-state index contributed by atoms with van der Waals surface area (Å²) in [4.78, 5) is 44.4. The van der Waals surface area contributed by atoms with Crippen molar-refractivity contribution in [2.45, 2.75) is 25.3 Å². The van der Waals surface area contributed by atoms with E-state index < -0.39 is 0 Å². The molecule has 11 heteroatoms. The summed E-state index contributed by atoms with van der Waals surface area (Å²) >= 11 is 6.49. The summed E-state index contributed by atoms with van der Waals surface area (Å²) in [6.45, 7) is 6.59. The van der Waals surface area contributed by atoms with Gasteiger partial charge < -0.3 is 24.8 Å². The molecule has 0 spiro atoms. The third-order valence-corrected chi connectivity index (χ3v) is 8.58. The Labute approximate surface area is 244 Å². The van der Waals surface area contributed by atoms with E-state index in [1.807, 2.05) is 46.3 Å². The van der Waals surface area contributed by atoms with Crippen molar-refractivity contribution in [3.05, 3.63) is 53.8 Å². The number of hydrogen-bond donors (Lipinski definition) is 2. The van der Waals surface area contributed by atoms with E-state index in [-0.39, 0.29) is 23.8 Å². The summed E-state index contributed by atoms with van der Waals surface area (Å²) in [5.41, 5.74) is 2.62. The number of morpholine rings is 1. The highest BCUT2D eigenvalue weighted by molar-refractivity contribution is 6.33. The van der Waals surface area contributed by atoms with Crippen LogP contribution in [0.4, 0.5) is 5.95 Å². The monoisotopic (exact) mass is 577 g/mol. The number of para-hydroxylation sites is 1. The zero-order valence-electron chi connectivity index (χ0n) is 23.1. The van der Waals surface area contributed by atoms with Crippen molar-refractivity contribution in [1.29, 1.82) is 0 Å². The Kier molecular flexibility index (Phi) is 8.50. The molecule has 0 radical (unpaired) electrons. The number of benzene rings is 1. The van der Waals surface area contributed by atoms with Gasteiger partial charge in [0.25, 0.3) is 0 Å². The lowest BCUT2D eigenvalue weighted by atomic mass is 9.95. The molecular formula is C30H36ClN7O3. The standard InChI is InChI=1S/C30H36ClN7O3/c31-25-19-33-30(35-28(25)24-18-32-26-5-2-1-4-23(24)26)34-22-9-13-38(20-22)29(40)21-7-11-37(12-8-21)27(39)6-3-10-36-14-16-41-17-15-36/h1-6,18-19,21-22,32H,7-17,20H2,(H,33,34,35). The summed E-state index contributed by atoms with van der Waals surface area (Å²) in [5, 5.41) is 4.95. The van der Waals surface area contributed by atoms with Gasteiger partial charge in [-0.05, 0) is 25.3 Å². The molecule has 41 heavy (non-hydrogen) atoms. The fourth-order valence-corrected chi connectivity index (χ4v) is 6.14. The Morgan fingerprint density at radius 2 is 1.85 bits per heavy atom. The number of halogens is 1. The maximum Gasteiger partial charge on any atom is 0.246 e. The summed E-state index contributed by atoms with van der Waals surface area (Å²) in [6.07, 6.45) is 9.38. The molecular weight excluding hydrogens is 542 g/mol. The zero-order valence-corrected chi connectivity index (χ0v) is 23.9. The number of nitrogens with one attached hydrogen (secondary N) is 2. The summed E-state index contributed by atoms with van der Waals surface area (Å²) in [5.74, 6) is 0.670. The van der Waals surface area contributed by atoms with Crippen LogP contribution in [0.2, 0.25) is 5.02 Å². The zero-order chi connectivity index (χ0) is 28.2. The van der Waals surface area contributed by atoms with Gasteiger partial charge in [-0.3, -0.25) is 14.5 Å². The Morgan fingerprint density at radius 1 is 1.07 bits per heavy atom. The molecule has 3 aromatic rings. The number of ether oxygens (including phenoxy) is 1. The van der Waals surface area contributed by atoms with Crippen LogP contribution in [-0.4, -0.2) is 107 Å². The van der Waals surface area contributed by atoms with Crippen LogP contribution in [0.25, 0.3) is 22.2 Å². The van der Waals surface area contributed by atoms with Gasteiger partial charge in [0, 0.05) is 86.5 Å². The molecule has 3 saturated heterocycles. The third kappa shape index (κ3) is 6.39. The van der Waals surface area contributed by atoms with Crippen LogP contribution in [0.15, 0.2) is 48.8 Å². The number of aromatic nitrogens is 3. The first-order valence-electron chi connectivity index (χ1n) is 14.4. The number of amides is 2. The van der Waals surface area contributed by atoms with Crippen LogP contribution in [0.5, 0.6) is 0 Å². The molecule has 6 rings (SSSR count). The molecule has 3 fully saturated rings. The maximum atomic E-state index is 13.3. The summed E-state index contributed by atoms with van der Waals surface area (Å²) < 4.78 is 5.37. The summed E-state index contributed by atoms with van der Waals surface area (Å²) in [7, 11) is 0. The molecule has 2 N–H and O–H groups in total. The topological polar surface area (TPSA) is 107 Å². The number of carbonyl (C=O) groups excluding carboxylic acids is 2. The van der Waals surface area contributed by atoms with Gasteiger partial charge >= 0.3 is 0 Å². The Balaban J connectivity index is 0.992. The lowest BCUT2D eigenvalue weighted by molar-refractivity contribution is -0.138. The molecule has 216 valence electrons. The second kappa shape index (κ2) is 12.6. The number of fused-ring (bicyclic) bond motifs is 1. The Morgan fingerprint density at radius 3 is 2.68 bits per heavy atom. The third-order valence-electron chi connectivity index (χ3n) is 8.31. The fraction of sp³-hybridized carbons (Fsp3) is 0.467. The largest absolute Gasteiger partial charge is 0.379 e. The Hall–Kier alpha value is -3.47. The molecule has 10 nitrogen and oxygen atoms in total. The number of H-pyrrole nitrogens is 1. The van der Waals surface area contributed by atoms with Crippen molar-refractivity contribution in [1.82, 2.24) is 29.7 Å². The van der Waals surface area contributed by atoms with E-state index in [0.717, 1.165) is 55.7 Å². The number of piperidine rings is 1. The second-order valence-corrected chi connectivity index (χ2v) is 11.4. The van der Waals surface area contributed by atoms with E-state index in [0.29, 0.717) is 55.7 Å². The van der Waals surface area contributed by atoms with E-state index in [2.05, 4.69) is 20.2 Å². The first kappa shape index (κ1) is 27.7. The highest BCUT2D eigenvalue weighted by atomic mass is 35.5. The highest BCUT2D eigenvalue weighted by Crippen LogP contribution is 2.32. The van der Waals surface area contributed by atoms with Gasteiger partial charge in [0.05, 0.1) is 30.1 Å². The number of carbonyl (C=O) groups is 2. The lowest BCUT2D eigenvalue weighted by Crippen LogP contribution is -2.44. The Bertz CT molecular complexity index is 1410. The van der Waals surface area contributed by atoms with Gasteiger partial charge in [-0.1, -0.05) is 35.9 Å². The van der Waals surface area contributed by atoms with E-state index in [4.69, 9.17) is 21.3 Å². The van der Waals surface area contributed by atoms with Crippen LogP contribution < -0.4 is 5.32 Å². The first-order valence-corrected chi connectivity index (χ1v) is 14.8. The predicted octanol–water partition coefficient (Wildman–Crippen LogP) is 3.42. The van der Waals surface area contributed by atoms with Crippen molar-refractivity contribution in [3.8, 4) is 11.3 Å². The fourth-order valence-electron chi connectivity index (χ4n) is 5.95. The van der Waals surface area contributed by atoms with Crippen molar-refractivity contribution >= 4 is 40.3 Å². The van der Waals surface area contributed by atoms with E-state index >= 15 is 0 Å². The smallest absolute Gasteiger partial charge is 0.246 e. The van der Waals surface area contributed by atoms with E-state index in [1.165, 1.54) is 0 Å². The minimum absolute atomic E-state index is 0.0320. The maximum absolute atomic E-state index is 13.3. The second-order valence-electron chi connectivity index (χ2n) is 11.0. The van der Waals surface area contributed by atoms with Crippen molar-refractivity contribution in [2.24, 2.45) is 5.92 Å². The number of aromatic amines is 1. The SMILES string of the molecule is O=C(C=CCN1CCOCC1)N1CCC(C(=O)N2CCC(Nc3ncc(Cl)c(-c4c[nH]c5ccccc45)n3)C2)CC1. The number of anilines is 1. The molecule has 3 aliphatic rings. The highest BCUT2D eigenvalue weighted by Gasteiger charge is 2.34. The molecule has 3 aliphatic heterocycles. The molecule has 0 bridgehead atoms. The minimum Gasteiger partial charge on any atom is -0.379 e. The molecule has 2 amide bonds. The van der Waals surface area contributed by atoms with E-state index in [1.54, 1.807) is 12.3 Å². The molecule has 1 atom stereocenters. The average Bonchev–Trinajstić information content (AvgIpc) is 3.66. The average molecular weight is 578 g/mol. The van der Waals surface area contributed by atoms with Crippen LogP contribution in [0.1, 0.15) is 19.3 Å². The van der Waals surface area contributed by atoms with Gasteiger partial charge in [-0.2, -0.15) is 0 Å². The summed E-state index contributed by atoms with van der Waals surface area (Å²) in [6, 6.07) is 8.10. The van der Waals surface area contributed by atoms with Crippen molar-refractivity contribution in [2.75, 3.05) is 64.3 Å². The van der Waals surface area contributed by atoms with Crippen LogP contribution >= 0.6 is 11.6 Å². The normalized spacial score (nSPS) is 20.8. The van der Waals surface area contributed by atoms with Gasteiger partial charge in [0.15, 0.2) is 0 Å². The van der Waals surface area contributed by atoms with Crippen LogP contribution in [-0.2, 0) is 14.3 Å². The van der Waals surface area contributed by atoms with Gasteiger partial charge in [-0.25, -0.2) is 9.97 Å². The first-order chi connectivity index (χ1) is 20.0. The predicted molar refractivity (Wildman–Crippen MR) is 159 cm³/mol. The molecule has 0 saturated carbocycles. The van der Waals surface area contributed by atoms with Crippen LogP contribution in [0, 0.1) is 5.92 Å². The number of rotatable bonds is 7. The van der Waals surface area contributed by atoms with Gasteiger partial charge in [0.2, 0.25) is 17.8 Å². The van der Waals surface area contributed by atoms with Crippen LogP contribution in [0.3, 0.4) is 0 Å².